The third-order valence-corrected chi connectivity index (χ3v) is 6.53. The molecule has 0 saturated carbocycles. The van der Waals surface area contributed by atoms with Crippen molar-refractivity contribution in [1.82, 2.24) is 10.2 Å². The summed E-state index contributed by atoms with van der Waals surface area (Å²) in [6.45, 7) is 1.92. The van der Waals surface area contributed by atoms with Crippen LogP contribution in [-0.4, -0.2) is 28.1 Å². The van der Waals surface area contributed by atoms with E-state index in [0.29, 0.717) is 28.3 Å². The molecule has 0 radical (unpaired) electrons. The van der Waals surface area contributed by atoms with E-state index in [1.807, 2.05) is 6.92 Å². The molecule has 1 aliphatic heterocycles. The van der Waals surface area contributed by atoms with Crippen molar-refractivity contribution in [3.63, 3.8) is 0 Å². The summed E-state index contributed by atoms with van der Waals surface area (Å²) in [6, 6.07) is 9.62. The number of carbonyl (C=O) groups is 1. The number of ether oxygens (including phenoxy) is 1. The quantitative estimate of drug-likeness (QED) is 0.321. The summed E-state index contributed by atoms with van der Waals surface area (Å²) in [5.74, 6) is -0.150. The number of amides is 1. The number of carbonyl (C=O) groups excluding carboxylic acids is 1. The van der Waals surface area contributed by atoms with E-state index in [9.17, 15) is 19.7 Å². The standard InChI is InChI=1S/C22H16N4O6S/c1-3-16-23-24-22(33-16)25-18(11-4-6-12(7-5-11)26(29)30)17-19(27)14-9-8-13(31-2)10-15(14)32-20(17)21(25)28/h4-10,18H,3H2,1-2H3. The van der Waals surface area contributed by atoms with Gasteiger partial charge in [0.05, 0.1) is 29.0 Å². The molecule has 1 amide bonds. The fourth-order valence-electron chi connectivity index (χ4n) is 3.85. The van der Waals surface area contributed by atoms with Gasteiger partial charge in [0.2, 0.25) is 10.9 Å². The topological polar surface area (TPSA) is 129 Å². The number of fused-ring (bicyclic) bond motifs is 2. The summed E-state index contributed by atoms with van der Waals surface area (Å²) in [5.41, 5.74) is 0.424. The molecule has 5 rings (SSSR count). The van der Waals surface area contributed by atoms with Crippen molar-refractivity contribution >= 4 is 39.0 Å². The predicted octanol–water partition coefficient (Wildman–Crippen LogP) is 3.87. The first-order valence-electron chi connectivity index (χ1n) is 9.98. The summed E-state index contributed by atoms with van der Waals surface area (Å²) >= 11 is 1.24. The van der Waals surface area contributed by atoms with Crippen LogP contribution in [0.4, 0.5) is 10.8 Å². The lowest BCUT2D eigenvalue weighted by Crippen LogP contribution is -2.29. The van der Waals surface area contributed by atoms with Gasteiger partial charge in [-0.2, -0.15) is 0 Å². The average Bonchev–Trinajstić information content (AvgIpc) is 3.41. The number of methoxy groups -OCH3 is 1. The number of nitrogens with zero attached hydrogens (tertiary/aromatic N) is 4. The molecule has 0 fully saturated rings. The molecule has 1 atom stereocenters. The van der Waals surface area contributed by atoms with E-state index in [0.717, 1.165) is 5.01 Å². The lowest BCUT2D eigenvalue weighted by atomic mass is 9.98. The number of benzene rings is 2. The molecule has 166 valence electrons. The maximum absolute atomic E-state index is 13.5. The number of aromatic nitrogens is 2. The Balaban J connectivity index is 1.76. The molecule has 1 aliphatic rings. The molecule has 11 heteroatoms. The number of aryl methyl sites for hydroxylation is 1. The first kappa shape index (κ1) is 20.8. The molecule has 1 unspecified atom stereocenters. The third-order valence-electron chi connectivity index (χ3n) is 5.46. The molecule has 0 saturated heterocycles. The van der Waals surface area contributed by atoms with Gasteiger partial charge in [0.25, 0.3) is 11.6 Å². The highest BCUT2D eigenvalue weighted by Gasteiger charge is 2.45. The Morgan fingerprint density at radius 3 is 2.58 bits per heavy atom. The monoisotopic (exact) mass is 464 g/mol. The smallest absolute Gasteiger partial charge is 0.297 e. The van der Waals surface area contributed by atoms with E-state index in [2.05, 4.69) is 10.2 Å². The maximum Gasteiger partial charge on any atom is 0.297 e. The first-order valence-corrected chi connectivity index (χ1v) is 10.8. The van der Waals surface area contributed by atoms with E-state index < -0.39 is 16.9 Å². The van der Waals surface area contributed by atoms with Gasteiger partial charge in [0.1, 0.15) is 16.3 Å². The van der Waals surface area contributed by atoms with Crippen LogP contribution in [0.3, 0.4) is 0 Å². The van der Waals surface area contributed by atoms with Gasteiger partial charge in [-0.3, -0.25) is 24.6 Å². The van der Waals surface area contributed by atoms with Crippen LogP contribution in [0.15, 0.2) is 51.7 Å². The Hall–Kier alpha value is -4.12. The van der Waals surface area contributed by atoms with Crippen molar-refractivity contribution in [1.29, 1.82) is 0 Å². The molecular formula is C22H16N4O6S. The van der Waals surface area contributed by atoms with E-state index in [1.54, 1.807) is 18.2 Å². The molecule has 0 spiro atoms. The van der Waals surface area contributed by atoms with Gasteiger partial charge >= 0.3 is 0 Å². The lowest BCUT2D eigenvalue weighted by molar-refractivity contribution is -0.384. The van der Waals surface area contributed by atoms with Crippen molar-refractivity contribution in [2.45, 2.75) is 19.4 Å². The van der Waals surface area contributed by atoms with Crippen molar-refractivity contribution in [2.24, 2.45) is 0 Å². The van der Waals surface area contributed by atoms with E-state index >= 15 is 0 Å². The average molecular weight is 464 g/mol. The second-order valence-electron chi connectivity index (χ2n) is 7.29. The van der Waals surface area contributed by atoms with Gasteiger partial charge in [-0.25, -0.2) is 0 Å². The number of non-ortho nitro benzene ring substituents is 1. The molecule has 2 aromatic heterocycles. The number of rotatable bonds is 5. The fourth-order valence-corrected chi connectivity index (χ4v) is 4.66. The molecule has 3 heterocycles. The zero-order chi connectivity index (χ0) is 23.3. The van der Waals surface area contributed by atoms with Crippen LogP contribution in [0.1, 0.15) is 39.7 Å². The third kappa shape index (κ3) is 3.24. The fraction of sp³-hybridized carbons (Fsp3) is 0.182. The Morgan fingerprint density at radius 1 is 1.18 bits per heavy atom. The molecule has 10 nitrogen and oxygen atoms in total. The number of hydrogen-bond donors (Lipinski definition) is 0. The van der Waals surface area contributed by atoms with Crippen LogP contribution in [0.25, 0.3) is 11.0 Å². The molecule has 0 N–H and O–H groups in total. The minimum absolute atomic E-state index is 0.0997. The van der Waals surface area contributed by atoms with Crippen molar-refractivity contribution in [2.75, 3.05) is 12.0 Å². The van der Waals surface area contributed by atoms with Crippen LogP contribution in [-0.2, 0) is 6.42 Å². The summed E-state index contributed by atoms with van der Waals surface area (Å²) in [5, 5.41) is 20.7. The Labute approximate surface area is 190 Å². The zero-order valence-corrected chi connectivity index (χ0v) is 18.3. The summed E-state index contributed by atoms with van der Waals surface area (Å²) in [4.78, 5) is 39.0. The van der Waals surface area contributed by atoms with Gasteiger partial charge < -0.3 is 9.15 Å². The maximum atomic E-state index is 13.5. The summed E-state index contributed by atoms with van der Waals surface area (Å²) < 4.78 is 11.1. The van der Waals surface area contributed by atoms with Gasteiger partial charge in [0.15, 0.2) is 5.43 Å². The number of nitro benzene ring substituents is 1. The first-order chi connectivity index (χ1) is 15.9. The van der Waals surface area contributed by atoms with Crippen LogP contribution in [0.5, 0.6) is 5.75 Å². The van der Waals surface area contributed by atoms with E-state index in [-0.39, 0.29) is 28.0 Å². The molecule has 0 bridgehead atoms. The van der Waals surface area contributed by atoms with Crippen LogP contribution >= 0.6 is 11.3 Å². The highest BCUT2D eigenvalue weighted by molar-refractivity contribution is 7.15. The van der Waals surface area contributed by atoms with Crippen molar-refractivity contribution < 1.29 is 18.9 Å². The minimum Gasteiger partial charge on any atom is -0.497 e. The van der Waals surface area contributed by atoms with E-state index in [4.69, 9.17) is 9.15 Å². The van der Waals surface area contributed by atoms with Gasteiger partial charge in [-0.1, -0.05) is 18.3 Å². The van der Waals surface area contributed by atoms with Crippen LogP contribution in [0, 0.1) is 10.1 Å². The van der Waals surface area contributed by atoms with Crippen molar-refractivity contribution in [3.8, 4) is 5.75 Å². The number of anilines is 1. The zero-order valence-electron chi connectivity index (χ0n) is 17.5. The molecular weight excluding hydrogens is 448 g/mol. The molecule has 33 heavy (non-hydrogen) atoms. The predicted molar refractivity (Wildman–Crippen MR) is 120 cm³/mol. The highest BCUT2D eigenvalue weighted by Crippen LogP contribution is 2.42. The normalized spacial score (nSPS) is 15.2. The Morgan fingerprint density at radius 2 is 1.94 bits per heavy atom. The lowest BCUT2D eigenvalue weighted by Gasteiger charge is -2.21. The van der Waals surface area contributed by atoms with Crippen LogP contribution in [0.2, 0.25) is 0 Å². The highest BCUT2D eigenvalue weighted by atomic mass is 32.1. The second kappa shape index (κ2) is 7.78. The summed E-state index contributed by atoms with van der Waals surface area (Å²) in [7, 11) is 1.49. The number of hydrogen-bond acceptors (Lipinski definition) is 9. The van der Waals surface area contributed by atoms with E-state index in [1.165, 1.54) is 47.6 Å². The van der Waals surface area contributed by atoms with Crippen molar-refractivity contribution in [3.05, 3.63) is 84.7 Å². The van der Waals surface area contributed by atoms with Crippen LogP contribution < -0.4 is 15.1 Å². The molecule has 4 aromatic rings. The minimum atomic E-state index is -0.867. The number of nitro groups is 1. The largest absolute Gasteiger partial charge is 0.497 e. The Kier molecular flexibility index (Phi) is 4.90. The molecule has 2 aromatic carbocycles. The SMILES string of the molecule is CCc1nnc(N2C(=O)c3oc4cc(OC)ccc4c(=O)c3C2c2ccc([N+](=O)[O-])cc2)s1. The summed E-state index contributed by atoms with van der Waals surface area (Å²) in [6.07, 6.45) is 0.635. The van der Waals surface area contributed by atoms with Gasteiger partial charge in [-0.05, 0) is 36.2 Å². The van der Waals surface area contributed by atoms with Gasteiger partial charge in [-0.15, -0.1) is 10.2 Å². The molecule has 0 aliphatic carbocycles. The second-order valence-corrected chi connectivity index (χ2v) is 8.33. The Bertz CT molecular complexity index is 1480. The van der Waals surface area contributed by atoms with Gasteiger partial charge in [0, 0.05) is 18.2 Å².